The van der Waals surface area contributed by atoms with Crippen molar-refractivity contribution in [3.05, 3.63) is 78.4 Å². The fraction of sp³-hybridized carbons (Fsp3) is 0.296. The minimum atomic E-state index is -4.05. The third kappa shape index (κ3) is 7.18. The molecule has 0 saturated carbocycles. The molecule has 1 N–H and O–H groups in total. The van der Waals surface area contributed by atoms with Crippen LogP contribution in [0.1, 0.15) is 26.3 Å². The molecule has 192 valence electrons. The Bertz CT molecular complexity index is 1240. The highest BCUT2D eigenvalue weighted by Gasteiger charge is 2.29. The van der Waals surface area contributed by atoms with Crippen LogP contribution in [0.5, 0.6) is 11.5 Å². The van der Waals surface area contributed by atoms with Gasteiger partial charge < -0.3 is 14.8 Å². The van der Waals surface area contributed by atoms with E-state index in [0.717, 1.165) is 20.5 Å². The second kappa shape index (κ2) is 12.7. The van der Waals surface area contributed by atoms with Gasteiger partial charge in [-0.25, -0.2) is 8.42 Å². The highest BCUT2D eigenvalue weighted by molar-refractivity contribution is 7.98. The molecule has 0 aliphatic rings. The third-order valence-corrected chi connectivity index (χ3v) is 7.67. The summed E-state index contributed by atoms with van der Waals surface area (Å²) in [5.74, 6) is 0.698. The largest absolute Gasteiger partial charge is 0.492 e. The normalized spacial score (nSPS) is 11.2. The number of ether oxygens (including phenoxy) is 2. The number of hydrogen-bond acceptors (Lipinski definition) is 6. The maximum Gasteiger partial charge on any atom is 0.264 e. The average molecular weight is 529 g/mol. The summed E-state index contributed by atoms with van der Waals surface area (Å²) in [7, 11) is -4.05. The summed E-state index contributed by atoms with van der Waals surface area (Å²) in [6.45, 7) is 5.94. The first kappa shape index (κ1) is 27.4. The van der Waals surface area contributed by atoms with E-state index in [9.17, 15) is 13.2 Å². The van der Waals surface area contributed by atoms with Crippen LogP contribution in [0, 0.1) is 0 Å². The number of anilines is 1. The van der Waals surface area contributed by atoms with E-state index in [-0.39, 0.29) is 17.5 Å². The first-order valence-corrected chi connectivity index (χ1v) is 14.3. The molecule has 0 heterocycles. The lowest BCUT2D eigenvalue weighted by Gasteiger charge is -2.26. The van der Waals surface area contributed by atoms with Crippen molar-refractivity contribution in [2.24, 2.45) is 0 Å². The molecule has 1 amide bonds. The summed E-state index contributed by atoms with van der Waals surface area (Å²) in [6.07, 6.45) is 1.99. The van der Waals surface area contributed by atoms with Gasteiger partial charge in [0.05, 0.1) is 23.3 Å². The SMILES string of the molecule is CCOc1ccccc1N(CC(=O)NCc1ccc(OC(C)C)cc1)S(=O)(=O)c1ccc(SC)cc1. The van der Waals surface area contributed by atoms with Crippen LogP contribution in [0.4, 0.5) is 5.69 Å². The fourth-order valence-corrected chi connectivity index (χ4v) is 5.30. The minimum absolute atomic E-state index is 0.0694. The number of benzene rings is 3. The molecule has 7 nitrogen and oxygen atoms in total. The van der Waals surface area contributed by atoms with E-state index in [1.807, 2.05) is 51.3 Å². The van der Waals surface area contributed by atoms with Gasteiger partial charge in [0.1, 0.15) is 18.0 Å². The van der Waals surface area contributed by atoms with Crippen molar-refractivity contribution in [2.75, 3.05) is 23.7 Å². The van der Waals surface area contributed by atoms with Gasteiger partial charge in [0.15, 0.2) is 0 Å². The van der Waals surface area contributed by atoms with E-state index in [1.54, 1.807) is 48.5 Å². The lowest BCUT2D eigenvalue weighted by molar-refractivity contribution is -0.119. The van der Waals surface area contributed by atoms with Crippen molar-refractivity contribution < 1.29 is 22.7 Å². The van der Waals surface area contributed by atoms with Crippen LogP contribution in [0.2, 0.25) is 0 Å². The highest BCUT2D eigenvalue weighted by Crippen LogP contribution is 2.33. The number of para-hydroxylation sites is 2. The standard InChI is InChI=1S/C27H32N2O5S2/c1-5-33-26-9-7-6-8-25(26)29(36(31,32)24-16-14-23(35-4)15-17-24)19-27(30)28-18-21-10-12-22(13-11-21)34-20(2)3/h6-17,20H,5,18-19H2,1-4H3,(H,28,30). The maximum atomic E-state index is 13.7. The van der Waals surface area contributed by atoms with Crippen molar-refractivity contribution in [1.29, 1.82) is 0 Å². The summed E-state index contributed by atoms with van der Waals surface area (Å²) in [5.41, 5.74) is 1.18. The predicted octanol–water partition coefficient (Wildman–Crippen LogP) is 5.11. The van der Waals surface area contributed by atoms with Crippen molar-refractivity contribution in [2.45, 2.75) is 43.2 Å². The van der Waals surface area contributed by atoms with Gasteiger partial charge in [0, 0.05) is 11.4 Å². The van der Waals surface area contributed by atoms with Crippen LogP contribution in [0.25, 0.3) is 0 Å². The van der Waals surface area contributed by atoms with Crippen LogP contribution in [-0.4, -0.2) is 39.8 Å². The van der Waals surface area contributed by atoms with Gasteiger partial charge >= 0.3 is 0 Å². The minimum Gasteiger partial charge on any atom is -0.492 e. The zero-order valence-corrected chi connectivity index (χ0v) is 22.6. The number of hydrogen-bond donors (Lipinski definition) is 1. The number of sulfonamides is 1. The number of carbonyl (C=O) groups excluding carboxylic acids is 1. The number of nitrogens with one attached hydrogen (secondary N) is 1. The molecule has 3 aromatic carbocycles. The Morgan fingerprint density at radius 2 is 1.67 bits per heavy atom. The van der Waals surface area contributed by atoms with Gasteiger partial charge in [-0.05, 0) is 81.1 Å². The van der Waals surface area contributed by atoms with Gasteiger partial charge in [0.2, 0.25) is 5.91 Å². The van der Waals surface area contributed by atoms with Crippen molar-refractivity contribution in [3.8, 4) is 11.5 Å². The summed E-state index contributed by atoms with van der Waals surface area (Å²) in [5, 5.41) is 2.82. The summed E-state index contributed by atoms with van der Waals surface area (Å²) in [4.78, 5) is 14.0. The molecule has 0 saturated heterocycles. The van der Waals surface area contributed by atoms with Crippen LogP contribution in [-0.2, 0) is 21.4 Å². The zero-order valence-electron chi connectivity index (χ0n) is 20.9. The van der Waals surface area contributed by atoms with Gasteiger partial charge in [-0.15, -0.1) is 11.8 Å². The molecule has 0 radical (unpaired) electrons. The van der Waals surface area contributed by atoms with Gasteiger partial charge in [-0.2, -0.15) is 0 Å². The van der Waals surface area contributed by atoms with Gasteiger partial charge in [-0.3, -0.25) is 9.10 Å². The van der Waals surface area contributed by atoms with E-state index < -0.39 is 22.5 Å². The lowest BCUT2D eigenvalue weighted by atomic mass is 10.2. The van der Waals surface area contributed by atoms with E-state index in [2.05, 4.69) is 5.32 Å². The van der Waals surface area contributed by atoms with Crippen molar-refractivity contribution >= 4 is 33.4 Å². The Kier molecular flexibility index (Phi) is 9.66. The molecule has 0 aliphatic heterocycles. The molecule has 0 bridgehead atoms. The molecular weight excluding hydrogens is 496 g/mol. The number of thioether (sulfide) groups is 1. The smallest absolute Gasteiger partial charge is 0.264 e. The second-order valence-electron chi connectivity index (χ2n) is 8.18. The van der Waals surface area contributed by atoms with Crippen LogP contribution in [0.3, 0.4) is 0 Å². The Hall–Kier alpha value is -3.17. The topological polar surface area (TPSA) is 84.9 Å². The van der Waals surface area contributed by atoms with Crippen molar-refractivity contribution in [3.63, 3.8) is 0 Å². The second-order valence-corrected chi connectivity index (χ2v) is 10.9. The number of amides is 1. The Morgan fingerprint density at radius 3 is 2.28 bits per heavy atom. The maximum absolute atomic E-state index is 13.7. The number of rotatable bonds is 12. The molecule has 0 fully saturated rings. The van der Waals surface area contributed by atoms with Gasteiger partial charge in [-0.1, -0.05) is 24.3 Å². The fourth-order valence-electron chi connectivity index (χ4n) is 3.46. The van der Waals surface area contributed by atoms with E-state index in [4.69, 9.17) is 9.47 Å². The Morgan fingerprint density at radius 1 is 1.00 bits per heavy atom. The third-order valence-electron chi connectivity index (χ3n) is 5.15. The first-order valence-electron chi connectivity index (χ1n) is 11.7. The molecule has 0 unspecified atom stereocenters. The highest BCUT2D eigenvalue weighted by atomic mass is 32.2. The van der Waals surface area contributed by atoms with E-state index in [1.165, 1.54) is 11.8 Å². The monoisotopic (exact) mass is 528 g/mol. The predicted molar refractivity (Wildman–Crippen MR) is 144 cm³/mol. The van der Waals surface area contributed by atoms with Crippen molar-refractivity contribution in [1.82, 2.24) is 5.32 Å². The molecule has 0 atom stereocenters. The molecular formula is C27H32N2O5S2. The van der Waals surface area contributed by atoms with Crippen LogP contribution >= 0.6 is 11.8 Å². The van der Waals surface area contributed by atoms with E-state index >= 15 is 0 Å². The number of carbonyl (C=O) groups is 1. The summed E-state index contributed by atoms with van der Waals surface area (Å²) >= 11 is 1.52. The lowest BCUT2D eigenvalue weighted by Crippen LogP contribution is -2.40. The molecule has 3 rings (SSSR count). The van der Waals surface area contributed by atoms with Crippen LogP contribution in [0.15, 0.2) is 82.6 Å². The average Bonchev–Trinajstić information content (AvgIpc) is 2.87. The molecule has 0 aromatic heterocycles. The summed E-state index contributed by atoms with van der Waals surface area (Å²) < 4.78 is 39.8. The Balaban J connectivity index is 1.84. The molecule has 0 aliphatic carbocycles. The molecule has 3 aromatic rings. The Labute approximate surface area is 217 Å². The van der Waals surface area contributed by atoms with E-state index in [0.29, 0.717) is 18.0 Å². The zero-order chi connectivity index (χ0) is 26.1. The summed E-state index contributed by atoms with van der Waals surface area (Å²) in [6, 6.07) is 20.8. The molecule has 9 heteroatoms. The molecule has 36 heavy (non-hydrogen) atoms. The quantitative estimate of drug-likeness (QED) is 0.329. The number of nitrogens with zero attached hydrogens (tertiary/aromatic N) is 1. The van der Waals surface area contributed by atoms with Crippen LogP contribution < -0.4 is 19.1 Å². The first-order chi connectivity index (χ1) is 17.2. The molecule has 0 spiro atoms. The van der Waals surface area contributed by atoms with Gasteiger partial charge in [0.25, 0.3) is 10.0 Å².